The lowest BCUT2D eigenvalue weighted by molar-refractivity contribution is 0.0670. The Balaban J connectivity index is 1.54. The summed E-state index contributed by atoms with van der Waals surface area (Å²) < 4.78 is 0. The van der Waals surface area contributed by atoms with Crippen LogP contribution in [-0.2, 0) is 0 Å². The Kier molecular flexibility index (Phi) is 5.02. The molecule has 0 unspecified atom stereocenters. The minimum atomic E-state index is -0.0318. The van der Waals surface area contributed by atoms with Crippen LogP contribution in [-0.4, -0.2) is 41.3 Å². The first kappa shape index (κ1) is 15.7. The number of likely N-dealkylation sites (tertiary alicyclic amines) is 1. The highest BCUT2D eigenvalue weighted by molar-refractivity contribution is 7.12. The molecule has 1 aliphatic rings. The summed E-state index contributed by atoms with van der Waals surface area (Å²) in [6, 6.07) is 7.25. The second kappa shape index (κ2) is 7.37. The Morgan fingerprint density at radius 1 is 1.35 bits per heavy atom. The van der Waals surface area contributed by atoms with E-state index in [1.54, 1.807) is 24.5 Å². The third-order valence-corrected chi connectivity index (χ3v) is 4.88. The van der Waals surface area contributed by atoms with Gasteiger partial charge in [-0.05, 0) is 42.3 Å². The molecule has 0 bridgehead atoms. The Morgan fingerprint density at radius 3 is 3.00 bits per heavy atom. The zero-order chi connectivity index (χ0) is 16.1. The summed E-state index contributed by atoms with van der Waals surface area (Å²) in [7, 11) is 0. The van der Waals surface area contributed by atoms with Crippen molar-refractivity contribution in [3.05, 3.63) is 52.5 Å². The van der Waals surface area contributed by atoms with Crippen molar-refractivity contribution in [1.82, 2.24) is 15.2 Å². The standard InChI is InChI=1S/C17H19N3O2S/c21-16(15-6-3-9-23-15)19-10-13-4-2-8-20(12-13)17(22)14-5-1-7-18-11-14/h1,3,5-7,9,11,13H,2,4,8,10,12H2,(H,19,21)/t13-/m0/s1. The number of piperidine rings is 1. The van der Waals surface area contributed by atoms with Crippen LogP contribution in [0.2, 0.25) is 0 Å². The van der Waals surface area contributed by atoms with E-state index in [-0.39, 0.29) is 11.8 Å². The first-order chi connectivity index (χ1) is 11.2. The molecule has 0 radical (unpaired) electrons. The summed E-state index contributed by atoms with van der Waals surface area (Å²) in [6.45, 7) is 2.05. The van der Waals surface area contributed by atoms with E-state index >= 15 is 0 Å². The number of hydrogen-bond acceptors (Lipinski definition) is 4. The smallest absolute Gasteiger partial charge is 0.261 e. The molecule has 0 aromatic carbocycles. The van der Waals surface area contributed by atoms with Gasteiger partial charge in [0.25, 0.3) is 11.8 Å². The van der Waals surface area contributed by atoms with E-state index in [0.717, 1.165) is 24.3 Å². The lowest BCUT2D eigenvalue weighted by atomic mass is 9.97. The second-order valence-electron chi connectivity index (χ2n) is 5.69. The summed E-state index contributed by atoms with van der Waals surface area (Å²) in [6.07, 6.45) is 5.26. The first-order valence-corrected chi connectivity index (χ1v) is 8.63. The number of aromatic nitrogens is 1. The highest BCUT2D eigenvalue weighted by Crippen LogP contribution is 2.18. The van der Waals surface area contributed by atoms with Crippen molar-refractivity contribution in [2.75, 3.05) is 19.6 Å². The SMILES string of the molecule is O=C(NC[C@@H]1CCCN(C(=O)c2cccnc2)C1)c1cccs1. The first-order valence-electron chi connectivity index (χ1n) is 7.75. The van der Waals surface area contributed by atoms with Gasteiger partial charge in [0.15, 0.2) is 0 Å². The molecule has 2 aromatic rings. The van der Waals surface area contributed by atoms with E-state index in [9.17, 15) is 9.59 Å². The van der Waals surface area contributed by atoms with Crippen LogP contribution in [0.4, 0.5) is 0 Å². The molecule has 1 aliphatic heterocycles. The maximum Gasteiger partial charge on any atom is 0.261 e. The third kappa shape index (κ3) is 3.96. The molecule has 5 nitrogen and oxygen atoms in total. The lowest BCUT2D eigenvalue weighted by Gasteiger charge is -2.32. The van der Waals surface area contributed by atoms with Crippen molar-refractivity contribution in [2.24, 2.45) is 5.92 Å². The van der Waals surface area contributed by atoms with Crippen LogP contribution in [0.5, 0.6) is 0 Å². The molecule has 3 rings (SSSR count). The van der Waals surface area contributed by atoms with Gasteiger partial charge >= 0.3 is 0 Å². The summed E-state index contributed by atoms with van der Waals surface area (Å²) in [5, 5.41) is 4.87. The van der Waals surface area contributed by atoms with Gasteiger partial charge in [-0.15, -0.1) is 11.3 Å². The Labute approximate surface area is 139 Å². The van der Waals surface area contributed by atoms with Crippen molar-refractivity contribution in [3.8, 4) is 0 Å². The van der Waals surface area contributed by atoms with Gasteiger partial charge in [0.2, 0.25) is 0 Å². The number of carbonyl (C=O) groups excluding carboxylic acids is 2. The molecule has 0 saturated carbocycles. The largest absolute Gasteiger partial charge is 0.351 e. The molecule has 0 aliphatic carbocycles. The highest BCUT2D eigenvalue weighted by atomic mass is 32.1. The normalized spacial score (nSPS) is 17.7. The highest BCUT2D eigenvalue weighted by Gasteiger charge is 2.25. The van der Waals surface area contributed by atoms with E-state index in [2.05, 4.69) is 10.3 Å². The summed E-state index contributed by atoms with van der Waals surface area (Å²) in [5.74, 6) is 0.288. The van der Waals surface area contributed by atoms with Gasteiger partial charge in [0, 0.05) is 32.0 Å². The molecule has 1 saturated heterocycles. The van der Waals surface area contributed by atoms with Crippen LogP contribution in [0.15, 0.2) is 42.0 Å². The number of nitrogens with one attached hydrogen (secondary N) is 1. The minimum Gasteiger partial charge on any atom is -0.351 e. The predicted octanol–water partition coefficient (Wildman–Crippen LogP) is 2.43. The second-order valence-corrected chi connectivity index (χ2v) is 6.64. The molecule has 1 N–H and O–H groups in total. The van der Waals surface area contributed by atoms with Gasteiger partial charge in [-0.25, -0.2) is 0 Å². The van der Waals surface area contributed by atoms with Crippen LogP contribution < -0.4 is 5.32 Å². The quantitative estimate of drug-likeness (QED) is 0.937. The number of hydrogen-bond donors (Lipinski definition) is 1. The van der Waals surface area contributed by atoms with Crippen LogP contribution in [0, 0.1) is 5.92 Å². The molecule has 1 fully saturated rings. The monoisotopic (exact) mass is 329 g/mol. The zero-order valence-corrected chi connectivity index (χ0v) is 13.6. The number of thiophene rings is 1. The van der Waals surface area contributed by atoms with Gasteiger partial charge in [-0.3, -0.25) is 14.6 Å². The third-order valence-electron chi connectivity index (χ3n) is 4.01. The fourth-order valence-electron chi connectivity index (χ4n) is 2.82. The van der Waals surface area contributed by atoms with Crippen molar-refractivity contribution < 1.29 is 9.59 Å². The maximum atomic E-state index is 12.5. The van der Waals surface area contributed by atoms with E-state index in [4.69, 9.17) is 0 Å². The van der Waals surface area contributed by atoms with Crippen LogP contribution in [0.25, 0.3) is 0 Å². The van der Waals surface area contributed by atoms with Gasteiger partial charge < -0.3 is 10.2 Å². The van der Waals surface area contributed by atoms with E-state index in [1.807, 2.05) is 22.4 Å². The van der Waals surface area contributed by atoms with E-state index < -0.39 is 0 Å². The maximum absolute atomic E-state index is 12.5. The number of nitrogens with zero attached hydrogens (tertiary/aromatic N) is 2. The average Bonchev–Trinajstić information content (AvgIpc) is 3.15. The van der Waals surface area contributed by atoms with Gasteiger partial charge in [0.05, 0.1) is 10.4 Å². The Morgan fingerprint density at radius 2 is 2.26 bits per heavy atom. The van der Waals surface area contributed by atoms with Gasteiger partial charge in [-0.2, -0.15) is 0 Å². The average molecular weight is 329 g/mol. The topological polar surface area (TPSA) is 62.3 Å². The molecule has 0 spiro atoms. The Bertz CT molecular complexity index is 658. The molecule has 1 atom stereocenters. The van der Waals surface area contributed by atoms with E-state index in [0.29, 0.717) is 24.6 Å². The summed E-state index contributed by atoms with van der Waals surface area (Å²) in [4.78, 5) is 31.1. The van der Waals surface area contributed by atoms with Crippen molar-refractivity contribution in [1.29, 1.82) is 0 Å². The Hall–Kier alpha value is -2.21. The lowest BCUT2D eigenvalue weighted by Crippen LogP contribution is -2.43. The van der Waals surface area contributed by atoms with Crippen LogP contribution >= 0.6 is 11.3 Å². The predicted molar refractivity (Wildman–Crippen MR) is 89.5 cm³/mol. The van der Waals surface area contributed by atoms with Gasteiger partial charge in [-0.1, -0.05) is 6.07 Å². The number of pyridine rings is 1. The van der Waals surface area contributed by atoms with Crippen molar-refractivity contribution in [2.45, 2.75) is 12.8 Å². The number of rotatable bonds is 4. The van der Waals surface area contributed by atoms with Crippen LogP contribution in [0.3, 0.4) is 0 Å². The fourth-order valence-corrected chi connectivity index (χ4v) is 3.46. The van der Waals surface area contributed by atoms with Gasteiger partial charge in [0.1, 0.15) is 0 Å². The number of amides is 2. The van der Waals surface area contributed by atoms with Crippen molar-refractivity contribution >= 4 is 23.2 Å². The molecule has 6 heteroatoms. The molecule has 120 valence electrons. The minimum absolute atomic E-state index is 0.0207. The summed E-state index contributed by atoms with van der Waals surface area (Å²) >= 11 is 1.44. The molecule has 2 aromatic heterocycles. The fraction of sp³-hybridized carbons (Fsp3) is 0.353. The summed E-state index contributed by atoms with van der Waals surface area (Å²) in [5.41, 5.74) is 0.621. The molecule has 23 heavy (non-hydrogen) atoms. The molecular formula is C17H19N3O2S. The molecular weight excluding hydrogens is 310 g/mol. The molecule has 2 amide bonds. The molecule has 3 heterocycles. The van der Waals surface area contributed by atoms with Crippen LogP contribution in [0.1, 0.15) is 32.9 Å². The van der Waals surface area contributed by atoms with E-state index in [1.165, 1.54) is 11.3 Å². The zero-order valence-electron chi connectivity index (χ0n) is 12.8. The van der Waals surface area contributed by atoms with Crippen molar-refractivity contribution in [3.63, 3.8) is 0 Å². The number of carbonyl (C=O) groups is 2.